The first kappa shape index (κ1) is 37.5. The van der Waals surface area contributed by atoms with Crippen LogP contribution in [0.1, 0.15) is 108 Å². The van der Waals surface area contributed by atoms with Crippen molar-refractivity contribution in [1.82, 2.24) is 15.6 Å². The fourth-order valence-electron chi connectivity index (χ4n) is 6.64. The molecule has 2 aromatic heterocycles. The first-order valence-electron chi connectivity index (χ1n) is 18.1. The van der Waals surface area contributed by atoms with Gasteiger partial charge < -0.3 is 30.2 Å². The Labute approximate surface area is 313 Å². The van der Waals surface area contributed by atoms with Crippen LogP contribution in [-0.4, -0.2) is 54.2 Å². The number of alkyl carbamates (subject to hydrolysis) is 1. The number of aromatic nitrogens is 1. The van der Waals surface area contributed by atoms with E-state index in [0.29, 0.717) is 35.6 Å². The average Bonchev–Trinajstić information content (AvgIpc) is 3.52. The van der Waals surface area contributed by atoms with Crippen LogP contribution in [0.2, 0.25) is 0 Å². The minimum atomic E-state index is -0.737. The number of hydrogen-bond acceptors (Lipinski definition) is 9. The number of amides is 3. The lowest BCUT2D eigenvalue weighted by Crippen LogP contribution is -2.36. The Hall–Kier alpha value is -5.23. The van der Waals surface area contributed by atoms with Crippen LogP contribution in [0, 0.1) is 0 Å². The normalized spacial score (nSPS) is 14.6. The molecule has 53 heavy (non-hydrogen) atoms. The number of hydrogen-bond donors (Lipinski definition) is 3. The number of methoxy groups -OCH3 is 1. The zero-order valence-electron chi connectivity index (χ0n) is 30.6. The molecule has 3 N–H and O–H groups in total. The molecule has 4 aromatic rings. The number of esters is 1. The highest BCUT2D eigenvalue weighted by Crippen LogP contribution is 2.43. The summed E-state index contributed by atoms with van der Waals surface area (Å²) >= 11 is 1.57. The summed E-state index contributed by atoms with van der Waals surface area (Å²) < 4.78 is 16.7. The summed E-state index contributed by atoms with van der Waals surface area (Å²) in [5.74, 6) is -0.947. The molecule has 1 fully saturated rings. The summed E-state index contributed by atoms with van der Waals surface area (Å²) in [5, 5.41) is 10.9. The molecule has 0 bridgehead atoms. The molecule has 11 nitrogen and oxygen atoms in total. The number of carbonyl (C=O) groups excluding carboxylic acids is 4. The molecular formula is C41H46N4O7S. The number of fused-ring (bicyclic) bond motifs is 3. The second-order valence-electron chi connectivity index (χ2n) is 14.4. The molecule has 0 radical (unpaired) electrons. The summed E-state index contributed by atoms with van der Waals surface area (Å²) in [7, 11) is 1.26. The van der Waals surface area contributed by atoms with Crippen molar-refractivity contribution in [2.45, 2.75) is 90.3 Å². The highest BCUT2D eigenvalue weighted by Gasteiger charge is 2.28. The zero-order valence-corrected chi connectivity index (χ0v) is 31.5. The van der Waals surface area contributed by atoms with Gasteiger partial charge in [-0.2, -0.15) is 0 Å². The van der Waals surface area contributed by atoms with Crippen LogP contribution in [-0.2, 0) is 22.4 Å². The van der Waals surface area contributed by atoms with Gasteiger partial charge in [0.2, 0.25) is 0 Å². The molecule has 1 aliphatic carbocycles. The van der Waals surface area contributed by atoms with Crippen LogP contribution in [0.3, 0.4) is 0 Å². The molecular weight excluding hydrogens is 693 g/mol. The third-order valence-electron chi connectivity index (χ3n) is 9.27. The van der Waals surface area contributed by atoms with E-state index in [-0.39, 0.29) is 35.4 Å². The Kier molecular flexibility index (Phi) is 11.8. The molecule has 278 valence electrons. The summed E-state index contributed by atoms with van der Waals surface area (Å²) in [6.45, 7) is 6.09. The molecule has 3 heterocycles. The van der Waals surface area contributed by atoms with Crippen molar-refractivity contribution in [2.75, 3.05) is 19.0 Å². The van der Waals surface area contributed by atoms with Gasteiger partial charge in [0.25, 0.3) is 11.8 Å². The van der Waals surface area contributed by atoms with Crippen LogP contribution >= 0.6 is 11.3 Å². The van der Waals surface area contributed by atoms with Crippen LogP contribution < -0.4 is 20.7 Å². The number of benzene rings is 2. The first-order valence-corrected chi connectivity index (χ1v) is 19.0. The molecule has 0 unspecified atom stereocenters. The largest absolute Gasteiger partial charge is 0.493 e. The molecule has 2 aromatic carbocycles. The summed E-state index contributed by atoms with van der Waals surface area (Å²) in [6, 6.07) is 16.0. The lowest BCUT2D eigenvalue weighted by Gasteiger charge is -2.21. The van der Waals surface area contributed by atoms with E-state index >= 15 is 0 Å². The SMILES string of the molecule is COC(=O)c1nc(C(=O)NC2CCCCCCC2)ccc1-c1cc2c(cc1C(=O)Nc1ccc(CNC(=O)OC(C)(C)C)cc1)-c1sccc1CCO2. The molecule has 6 rings (SSSR count). The summed E-state index contributed by atoms with van der Waals surface area (Å²) in [6.07, 6.45) is 7.62. The first-order chi connectivity index (χ1) is 25.5. The lowest BCUT2D eigenvalue weighted by molar-refractivity contribution is 0.0522. The van der Waals surface area contributed by atoms with Crippen molar-refractivity contribution in [3.63, 3.8) is 0 Å². The van der Waals surface area contributed by atoms with Crippen molar-refractivity contribution in [3.05, 3.63) is 88.1 Å². The minimum Gasteiger partial charge on any atom is -0.493 e. The maximum Gasteiger partial charge on any atom is 0.407 e. The van der Waals surface area contributed by atoms with Gasteiger partial charge in [0.15, 0.2) is 5.69 Å². The van der Waals surface area contributed by atoms with Crippen molar-refractivity contribution in [3.8, 4) is 27.3 Å². The highest BCUT2D eigenvalue weighted by atomic mass is 32.1. The second-order valence-corrected chi connectivity index (χ2v) is 15.3. The molecule has 0 atom stereocenters. The predicted octanol–water partition coefficient (Wildman–Crippen LogP) is 8.32. The Morgan fingerprint density at radius 2 is 1.62 bits per heavy atom. The third-order valence-corrected chi connectivity index (χ3v) is 10.3. The third kappa shape index (κ3) is 9.42. The number of ether oxygens (including phenoxy) is 3. The van der Waals surface area contributed by atoms with Gasteiger partial charge in [0, 0.05) is 51.8 Å². The quantitative estimate of drug-likeness (QED) is 0.153. The van der Waals surface area contributed by atoms with Crippen LogP contribution in [0.5, 0.6) is 5.75 Å². The molecule has 1 aliphatic heterocycles. The van der Waals surface area contributed by atoms with Gasteiger partial charge in [-0.05, 0) is 92.6 Å². The van der Waals surface area contributed by atoms with E-state index in [9.17, 15) is 19.2 Å². The van der Waals surface area contributed by atoms with E-state index in [1.165, 1.54) is 13.5 Å². The van der Waals surface area contributed by atoms with E-state index in [1.807, 2.05) is 5.38 Å². The maximum atomic E-state index is 14.2. The van der Waals surface area contributed by atoms with Gasteiger partial charge in [-0.15, -0.1) is 11.3 Å². The number of nitrogens with zero attached hydrogens (tertiary/aromatic N) is 1. The molecule has 0 saturated heterocycles. The summed E-state index contributed by atoms with van der Waals surface area (Å²) in [4.78, 5) is 58.7. The molecule has 0 spiro atoms. The number of thiophene rings is 1. The molecule has 3 amide bonds. The molecule has 1 saturated carbocycles. The van der Waals surface area contributed by atoms with E-state index in [0.717, 1.165) is 60.1 Å². The monoisotopic (exact) mass is 738 g/mol. The number of rotatable bonds is 8. The van der Waals surface area contributed by atoms with Gasteiger partial charge in [0.1, 0.15) is 17.0 Å². The highest BCUT2D eigenvalue weighted by molar-refractivity contribution is 7.13. The van der Waals surface area contributed by atoms with Crippen molar-refractivity contribution in [1.29, 1.82) is 0 Å². The fourth-order valence-corrected chi connectivity index (χ4v) is 7.61. The number of anilines is 1. The zero-order chi connectivity index (χ0) is 37.5. The van der Waals surface area contributed by atoms with Crippen LogP contribution in [0.15, 0.2) is 60.0 Å². The lowest BCUT2D eigenvalue weighted by atomic mass is 9.93. The number of carbonyl (C=O) groups is 4. The molecule has 12 heteroatoms. The van der Waals surface area contributed by atoms with E-state index in [4.69, 9.17) is 14.2 Å². The van der Waals surface area contributed by atoms with Gasteiger partial charge in [-0.1, -0.05) is 44.2 Å². The van der Waals surface area contributed by atoms with Gasteiger partial charge >= 0.3 is 12.1 Å². The Morgan fingerprint density at radius 1 is 0.887 bits per heavy atom. The standard InChI is InChI=1S/C41H46N4O7S/c1-41(2,3)52-40(49)42-24-25-12-14-28(15-13-25)43-37(46)31-22-32-34(51-20-18-26-19-21-53-36(26)32)23-30(31)29-16-17-33(45-35(29)39(48)50-4)38(47)44-27-10-8-6-5-7-9-11-27/h12-17,19,21-23,27H,5-11,18,20,24H2,1-4H3,(H,42,49)(H,43,46)(H,44,47). The predicted molar refractivity (Wildman–Crippen MR) is 205 cm³/mol. The van der Waals surface area contributed by atoms with E-state index < -0.39 is 23.6 Å². The van der Waals surface area contributed by atoms with Gasteiger partial charge in [-0.3, -0.25) is 9.59 Å². The Morgan fingerprint density at radius 3 is 2.34 bits per heavy atom. The van der Waals surface area contributed by atoms with Crippen molar-refractivity contribution >= 4 is 40.9 Å². The topological polar surface area (TPSA) is 145 Å². The molecule has 2 aliphatic rings. The minimum absolute atomic E-state index is 0.0420. The smallest absolute Gasteiger partial charge is 0.407 e. The van der Waals surface area contributed by atoms with Crippen molar-refractivity contribution < 1.29 is 33.4 Å². The van der Waals surface area contributed by atoms with Gasteiger partial charge in [-0.25, -0.2) is 14.6 Å². The second kappa shape index (κ2) is 16.6. The number of pyridine rings is 1. The fraction of sp³-hybridized carbons (Fsp3) is 0.390. The van der Waals surface area contributed by atoms with Gasteiger partial charge in [0.05, 0.1) is 13.7 Å². The maximum absolute atomic E-state index is 14.2. The van der Waals surface area contributed by atoms with E-state index in [1.54, 1.807) is 80.6 Å². The Balaban J connectivity index is 1.33. The van der Waals surface area contributed by atoms with Crippen LogP contribution in [0.25, 0.3) is 21.6 Å². The number of nitrogens with one attached hydrogen (secondary N) is 3. The van der Waals surface area contributed by atoms with Crippen LogP contribution in [0.4, 0.5) is 10.5 Å². The van der Waals surface area contributed by atoms with Crippen molar-refractivity contribution in [2.24, 2.45) is 0 Å². The van der Waals surface area contributed by atoms with E-state index in [2.05, 4.69) is 27.0 Å². The summed E-state index contributed by atoms with van der Waals surface area (Å²) in [5.41, 5.74) is 3.65. The average molecular weight is 739 g/mol. The Bertz CT molecular complexity index is 1970.